The molecule has 0 atom stereocenters. The Morgan fingerprint density at radius 1 is 0.700 bits per heavy atom. The summed E-state index contributed by atoms with van der Waals surface area (Å²) in [6.45, 7) is 0. The molecule has 10 heteroatoms. The molecule has 2 radical (unpaired) electrons. The van der Waals surface area contributed by atoms with Crippen LogP contribution in [0.25, 0.3) is 0 Å². The van der Waals surface area contributed by atoms with Crippen LogP contribution in [0.15, 0.2) is 0 Å². The van der Waals surface area contributed by atoms with Crippen molar-refractivity contribution in [3.05, 3.63) is 30.6 Å². The fraction of sp³-hybridized carbons (Fsp3) is 0. The van der Waals surface area contributed by atoms with Gasteiger partial charge in [-0.25, -0.2) is 0 Å². The van der Waals surface area contributed by atoms with E-state index in [2.05, 4.69) is 0 Å². The van der Waals surface area contributed by atoms with E-state index < -0.39 is 10.2 Å². The van der Waals surface area contributed by atoms with E-state index in [1.54, 1.807) is 0 Å². The van der Waals surface area contributed by atoms with Gasteiger partial charge in [-0.05, 0) is 0 Å². The second kappa shape index (κ2) is 16.8. The molecule has 70 valence electrons. The van der Waals surface area contributed by atoms with Crippen LogP contribution in [0.5, 0.6) is 0 Å². The number of hydrogen-bond donors (Lipinski definition) is 0. The molecule has 0 fully saturated rings. The average Bonchev–Trinajstić information content (AvgIpc) is 1.25. The van der Waals surface area contributed by atoms with Gasteiger partial charge in [0.2, 0.25) is 0 Å². The standard InChI is InChI=1S/2NO3.2Yb/c2*2-1(3)4;;/q2*-1;2*+3. The topological polar surface area (TPSA) is 132 Å². The van der Waals surface area contributed by atoms with Crippen LogP contribution < -0.4 is 0 Å². The molecule has 0 unspecified atom stereocenters. The van der Waals surface area contributed by atoms with Gasteiger partial charge in [-0.15, -0.1) is 0 Å². The monoisotopic (exact) mass is 472 g/mol. The van der Waals surface area contributed by atoms with E-state index >= 15 is 0 Å². The van der Waals surface area contributed by atoms with Crippen molar-refractivity contribution in [3.63, 3.8) is 0 Å². The fourth-order valence-electron chi connectivity index (χ4n) is 0. The van der Waals surface area contributed by atoms with Gasteiger partial charge in [0.15, 0.2) is 0 Å². The van der Waals surface area contributed by atoms with Gasteiger partial charge in [0.05, 0.1) is 10.2 Å². The summed E-state index contributed by atoms with van der Waals surface area (Å²) in [5.74, 6) is 0. The Morgan fingerprint density at radius 2 is 0.700 bits per heavy atom. The minimum absolute atomic E-state index is 0. The van der Waals surface area contributed by atoms with Crippen molar-refractivity contribution in [2.75, 3.05) is 0 Å². The molecule has 0 aromatic rings. The maximum Gasteiger partial charge on any atom is 3.00 e. The summed E-state index contributed by atoms with van der Waals surface area (Å²) in [5, 5.41) is 29.5. The van der Waals surface area contributed by atoms with Crippen molar-refractivity contribution in [1.29, 1.82) is 0 Å². The molecule has 0 bridgehead atoms. The van der Waals surface area contributed by atoms with E-state index in [1.807, 2.05) is 0 Å². The summed E-state index contributed by atoms with van der Waals surface area (Å²) in [4.78, 5) is 16.5. The molecule has 0 aliphatic rings. The van der Waals surface area contributed by atoms with Crippen LogP contribution in [0.3, 0.4) is 0 Å². The van der Waals surface area contributed by atoms with Crippen molar-refractivity contribution >= 4 is 0 Å². The van der Waals surface area contributed by atoms with Gasteiger partial charge in [0, 0.05) is 0 Å². The maximum absolute atomic E-state index is 8.25. The Labute approximate surface area is 132 Å². The molecular weight excluding hydrogens is 470 g/mol. The third kappa shape index (κ3) is 325. The predicted molar refractivity (Wildman–Crippen MR) is 20.7 cm³/mol. The minimum atomic E-state index is -1.75. The zero-order valence-corrected chi connectivity index (χ0v) is 7.31. The summed E-state index contributed by atoms with van der Waals surface area (Å²) in [6.07, 6.45) is 0. The van der Waals surface area contributed by atoms with E-state index in [1.165, 1.54) is 0 Å². The van der Waals surface area contributed by atoms with Crippen molar-refractivity contribution < 1.29 is 104 Å². The minimum Gasteiger partial charge on any atom is -0.356 e. The van der Waals surface area contributed by atoms with E-state index in [0.29, 0.717) is 0 Å². The van der Waals surface area contributed by atoms with E-state index in [-0.39, 0.29) is 93.8 Å². The molecule has 8 nitrogen and oxygen atoms in total. The van der Waals surface area contributed by atoms with Crippen LogP contribution in [0.2, 0.25) is 0 Å². The van der Waals surface area contributed by atoms with Gasteiger partial charge >= 0.3 is 93.8 Å². The molecule has 10 heavy (non-hydrogen) atoms. The van der Waals surface area contributed by atoms with Gasteiger partial charge in [-0.1, -0.05) is 0 Å². The fourth-order valence-corrected chi connectivity index (χ4v) is 0. The number of rotatable bonds is 0. The van der Waals surface area contributed by atoms with Crippen molar-refractivity contribution in [3.8, 4) is 0 Å². The van der Waals surface area contributed by atoms with Crippen LogP contribution in [0.1, 0.15) is 0 Å². The second-order valence-electron chi connectivity index (χ2n) is 0.447. The van der Waals surface area contributed by atoms with Crippen LogP contribution in [-0.4, -0.2) is 10.2 Å². The number of nitrogens with zero attached hydrogens (tertiary/aromatic N) is 2. The molecule has 0 saturated carbocycles. The summed E-state index contributed by atoms with van der Waals surface area (Å²) in [5.41, 5.74) is 0. The van der Waals surface area contributed by atoms with E-state index in [9.17, 15) is 0 Å². The van der Waals surface area contributed by atoms with E-state index in [4.69, 9.17) is 30.6 Å². The molecule has 0 rings (SSSR count). The molecule has 0 aromatic carbocycles. The van der Waals surface area contributed by atoms with Crippen LogP contribution in [0, 0.1) is 124 Å². The largest absolute Gasteiger partial charge is 3.00 e. The first kappa shape index (κ1) is 22.5. The quantitative estimate of drug-likeness (QED) is 0.347. The third-order valence-corrected chi connectivity index (χ3v) is 0. The molecule has 0 saturated heterocycles. The average molecular weight is 470 g/mol. The second-order valence-corrected chi connectivity index (χ2v) is 0.447. The molecule has 0 aliphatic carbocycles. The Bertz CT molecular complexity index is 71.7. The Morgan fingerprint density at radius 3 is 0.700 bits per heavy atom. The van der Waals surface area contributed by atoms with Crippen molar-refractivity contribution in [1.82, 2.24) is 0 Å². The van der Waals surface area contributed by atoms with Crippen LogP contribution in [-0.2, 0) is 0 Å². The van der Waals surface area contributed by atoms with E-state index in [0.717, 1.165) is 0 Å². The molecular formula is N2O6Yb2+4. The van der Waals surface area contributed by atoms with Crippen molar-refractivity contribution in [2.45, 2.75) is 0 Å². The Balaban J connectivity index is -0.0000000300. The van der Waals surface area contributed by atoms with Crippen molar-refractivity contribution in [2.24, 2.45) is 0 Å². The molecule has 0 aliphatic heterocycles. The molecule has 0 N–H and O–H groups in total. The summed E-state index contributed by atoms with van der Waals surface area (Å²) in [7, 11) is 0. The first-order chi connectivity index (χ1) is 3.46. The summed E-state index contributed by atoms with van der Waals surface area (Å²) >= 11 is 0. The van der Waals surface area contributed by atoms with Gasteiger partial charge < -0.3 is 30.6 Å². The maximum atomic E-state index is 8.25. The first-order valence-electron chi connectivity index (χ1n) is 1.10. The predicted octanol–water partition coefficient (Wildman–Crippen LogP) is -0.478. The Hall–Kier alpha value is 1.44. The SMILES string of the molecule is O=[N+]([O-])[O-].O=[N+]([O-])[O-].[Yb+3].[Yb+3]. The third-order valence-electron chi connectivity index (χ3n) is 0. The summed E-state index contributed by atoms with van der Waals surface area (Å²) in [6, 6.07) is 0. The van der Waals surface area contributed by atoms with Crippen LogP contribution in [0.4, 0.5) is 0 Å². The first-order valence-corrected chi connectivity index (χ1v) is 1.10. The van der Waals surface area contributed by atoms with Gasteiger partial charge in [0.1, 0.15) is 0 Å². The normalized spacial score (nSPS) is 4.80. The number of hydrogen-bond acceptors (Lipinski definition) is 6. The molecule has 0 amide bonds. The van der Waals surface area contributed by atoms with Crippen LogP contribution >= 0.6 is 0 Å². The van der Waals surface area contributed by atoms with Gasteiger partial charge in [-0.2, -0.15) is 0 Å². The molecule has 0 heterocycles. The molecule has 0 spiro atoms. The smallest absolute Gasteiger partial charge is 0.356 e. The van der Waals surface area contributed by atoms with Gasteiger partial charge in [0.25, 0.3) is 0 Å². The van der Waals surface area contributed by atoms with Gasteiger partial charge in [-0.3, -0.25) is 0 Å². The molecule has 0 aromatic heterocycles. The Kier molecular flexibility index (Phi) is 37.9. The summed E-state index contributed by atoms with van der Waals surface area (Å²) < 4.78 is 0. The zero-order valence-electron chi connectivity index (χ0n) is 3.88. The zero-order chi connectivity index (χ0) is 7.15.